The third-order valence-electron chi connectivity index (χ3n) is 3.70. The molecule has 0 spiro atoms. The predicted molar refractivity (Wildman–Crippen MR) is 95.7 cm³/mol. The van der Waals surface area contributed by atoms with Crippen LogP contribution >= 0.6 is 0 Å². The number of nitrogens with one attached hydrogen (secondary N) is 1. The number of hydrogen-bond donors (Lipinski definition) is 1. The van der Waals surface area contributed by atoms with E-state index in [2.05, 4.69) is 15.5 Å². The van der Waals surface area contributed by atoms with Crippen LogP contribution in [-0.4, -0.2) is 38.6 Å². The summed E-state index contributed by atoms with van der Waals surface area (Å²) in [5, 5.41) is 11.1. The Kier molecular flexibility index (Phi) is 5.12. The van der Waals surface area contributed by atoms with Crippen LogP contribution in [0.1, 0.15) is 0 Å². The fourth-order valence-corrected chi connectivity index (χ4v) is 2.39. The van der Waals surface area contributed by atoms with E-state index >= 15 is 0 Å². The number of methoxy groups -OCH3 is 4. The molecule has 0 aliphatic heterocycles. The van der Waals surface area contributed by atoms with Crippen LogP contribution in [0, 0.1) is 0 Å². The van der Waals surface area contributed by atoms with Crippen molar-refractivity contribution in [2.45, 2.75) is 0 Å². The van der Waals surface area contributed by atoms with E-state index in [0.29, 0.717) is 40.1 Å². The van der Waals surface area contributed by atoms with E-state index in [-0.39, 0.29) is 6.01 Å². The van der Waals surface area contributed by atoms with Crippen LogP contribution in [0.2, 0.25) is 0 Å². The fraction of sp³-hybridized carbons (Fsp3) is 0.222. The number of nitrogens with zero attached hydrogens (tertiary/aromatic N) is 2. The lowest BCUT2D eigenvalue weighted by molar-refractivity contribution is 0.355. The van der Waals surface area contributed by atoms with Gasteiger partial charge >= 0.3 is 6.01 Å². The molecule has 8 nitrogen and oxygen atoms in total. The van der Waals surface area contributed by atoms with Crippen LogP contribution in [0.4, 0.5) is 11.7 Å². The van der Waals surface area contributed by atoms with E-state index in [1.165, 1.54) is 0 Å². The normalized spacial score (nSPS) is 10.3. The van der Waals surface area contributed by atoms with E-state index in [9.17, 15) is 0 Å². The van der Waals surface area contributed by atoms with Crippen molar-refractivity contribution in [1.82, 2.24) is 10.2 Å². The van der Waals surface area contributed by atoms with Crippen molar-refractivity contribution >= 4 is 11.7 Å². The van der Waals surface area contributed by atoms with E-state index in [1.807, 2.05) is 6.07 Å². The highest BCUT2D eigenvalue weighted by Crippen LogP contribution is 2.34. The lowest BCUT2D eigenvalue weighted by Gasteiger charge is -2.10. The summed E-state index contributed by atoms with van der Waals surface area (Å²) in [4.78, 5) is 0. The molecule has 0 saturated carbocycles. The zero-order valence-electron chi connectivity index (χ0n) is 14.9. The van der Waals surface area contributed by atoms with Gasteiger partial charge in [-0.15, -0.1) is 5.10 Å². The molecule has 0 saturated heterocycles. The highest BCUT2D eigenvalue weighted by molar-refractivity contribution is 5.65. The van der Waals surface area contributed by atoms with E-state index < -0.39 is 0 Å². The summed E-state index contributed by atoms with van der Waals surface area (Å²) in [5.74, 6) is 2.84. The maximum absolute atomic E-state index is 5.69. The minimum atomic E-state index is 0.223. The van der Waals surface area contributed by atoms with Crippen molar-refractivity contribution in [3.05, 3.63) is 36.4 Å². The monoisotopic (exact) mass is 357 g/mol. The summed E-state index contributed by atoms with van der Waals surface area (Å²) in [7, 11) is 6.31. The smallest absolute Gasteiger partial charge is 0.320 e. The summed E-state index contributed by atoms with van der Waals surface area (Å²) in [6, 6.07) is 10.9. The van der Waals surface area contributed by atoms with Gasteiger partial charge in [0.05, 0.1) is 34.1 Å². The first-order chi connectivity index (χ1) is 12.7. The van der Waals surface area contributed by atoms with E-state index in [1.54, 1.807) is 58.8 Å². The van der Waals surface area contributed by atoms with Gasteiger partial charge in [0, 0.05) is 11.6 Å². The highest BCUT2D eigenvalue weighted by atomic mass is 16.5. The van der Waals surface area contributed by atoms with E-state index in [4.69, 9.17) is 23.4 Å². The largest absolute Gasteiger partial charge is 0.497 e. The molecule has 0 bridgehead atoms. The first-order valence-electron chi connectivity index (χ1n) is 7.73. The fourth-order valence-electron chi connectivity index (χ4n) is 2.39. The first kappa shape index (κ1) is 17.4. The molecule has 0 unspecified atom stereocenters. The summed E-state index contributed by atoms with van der Waals surface area (Å²) < 4.78 is 26.8. The third kappa shape index (κ3) is 3.49. The minimum Gasteiger partial charge on any atom is -0.497 e. The van der Waals surface area contributed by atoms with Crippen LogP contribution in [0.3, 0.4) is 0 Å². The van der Waals surface area contributed by atoms with Crippen molar-refractivity contribution in [3.63, 3.8) is 0 Å². The Morgan fingerprint density at radius 1 is 0.769 bits per heavy atom. The van der Waals surface area contributed by atoms with Crippen molar-refractivity contribution in [1.29, 1.82) is 0 Å². The Hall–Kier alpha value is -3.42. The van der Waals surface area contributed by atoms with Gasteiger partial charge in [0.2, 0.25) is 5.89 Å². The Labute approximate surface area is 150 Å². The van der Waals surface area contributed by atoms with Gasteiger partial charge in [0.15, 0.2) is 11.5 Å². The molecule has 0 radical (unpaired) electrons. The molecule has 0 aliphatic carbocycles. The predicted octanol–water partition coefficient (Wildman–Crippen LogP) is 3.51. The highest BCUT2D eigenvalue weighted by Gasteiger charge is 2.14. The van der Waals surface area contributed by atoms with Crippen LogP contribution in [0.15, 0.2) is 40.8 Å². The zero-order chi connectivity index (χ0) is 18.5. The van der Waals surface area contributed by atoms with Gasteiger partial charge in [-0.2, -0.15) is 0 Å². The Morgan fingerprint density at radius 3 is 2.19 bits per heavy atom. The second kappa shape index (κ2) is 7.64. The maximum atomic E-state index is 5.69. The molecule has 2 aromatic carbocycles. The Balaban J connectivity index is 1.87. The number of aromatic nitrogens is 2. The molecule has 1 heterocycles. The summed E-state index contributed by atoms with van der Waals surface area (Å²) in [6.07, 6.45) is 0. The van der Waals surface area contributed by atoms with E-state index in [0.717, 1.165) is 0 Å². The molecule has 136 valence electrons. The molecule has 0 fully saturated rings. The number of hydrogen-bond acceptors (Lipinski definition) is 8. The third-order valence-corrected chi connectivity index (χ3v) is 3.70. The SMILES string of the molecule is COc1ccc(OC)c(Nc2nnc(-c3ccc(OC)c(OC)c3)o2)c1. The van der Waals surface area contributed by atoms with Gasteiger partial charge in [-0.05, 0) is 30.3 Å². The van der Waals surface area contributed by atoms with Crippen molar-refractivity contribution < 1.29 is 23.4 Å². The average molecular weight is 357 g/mol. The van der Waals surface area contributed by atoms with Crippen molar-refractivity contribution in [3.8, 4) is 34.5 Å². The molecule has 3 aromatic rings. The molecule has 26 heavy (non-hydrogen) atoms. The summed E-state index contributed by atoms with van der Waals surface area (Å²) in [6.45, 7) is 0. The van der Waals surface area contributed by atoms with Crippen LogP contribution in [0.25, 0.3) is 11.5 Å². The molecule has 0 atom stereocenters. The molecule has 0 amide bonds. The average Bonchev–Trinajstić information content (AvgIpc) is 3.15. The van der Waals surface area contributed by atoms with Crippen molar-refractivity contribution in [2.24, 2.45) is 0 Å². The van der Waals surface area contributed by atoms with Crippen molar-refractivity contribution in [2.75, 3.05) is 33.8 Å². The van der Waals surface area contributed by atoms with Gasteiger partial charge in [-0.25, -0.2) is 0 Å². The molecule has 1 aromatic heterocycles. The van der Waals surface area contributed by atoms with Crippen LogP contribution in [0.5, 0.6) is 23.0 Å². The zero-order valence-corrected chi connectivity index (χ0v) is 14.9. The molecule has 1 N–H and O–H groups in total. The molecule has 3 rings (SSSR count). The lowest BCUT2D eigenvalue weighted by atomic mass is 10.2. The Bertz CT molecular complexity index is 894. The van der Waals surface area contributed by atoms with Gasteiger partial charge in [0.25, 0.3) is 0 Å². The van der Waals surface area contributed by atoms with Gasteiger partial charge in [-0.3, -0.25) is 0 Å². The number of rotatable bonds is 7. The second-order valence-corrected chi connectivity index (χ2v) is 5.17. The minimum absolute atomic E-state index is 0.223. The molecule has 0 aliphatic rings. The van der Waals surface area contributed by atoms with Gasteiger partial charge in [0.1, 0.15) is 11.5 Å². The summed E-state index contributed by atoms with van der Waals surface area (Å²) in [5.41, 5.74) is 1.36. The molecule has 8 heteroatoms. The van der Waals surface area contributed by atoms with Crippen LogP contribution in [-0.2, 0) is 0 Å². The molecular formula is C18H19N3O5. The quantitative estimate of drug-likeness (QED) is 0.687. The topological polar surface area (TPSA) is 87.9 Å². The van der Waals surface area contributed by atoms with Gasteiger partial charge < -0.3 is 28.7 Å². The lowest BCUT2D eigenvalue weighted by Crippen LogP contribution is -1.96. The number of anilines is 2. The van der Waals surface area contributed by atoms with Gasteiger partial charge in [-0.1, -0.05) is 5.10 Å². The number of benzene rings is 2. The second-order valence-electron chi connectivity index (χ2n) is 5.17. The summed E-state index contributed by atoms with van der Waals surface area (Å²) >= 11 is 0. The standard InChI is InChI=1S/C18H19N3O5/c1-22-12-6-8-14(23-2)13(10-12)19-18-21-20-17(26-18)11-5-7-15(24-3)16(9-11)25-4/h5-10H,1-4H3,(H,19,21). The number of ether oxygens (including phenoxy) is 4. The first-order valence-corrected chi connectivity index (χ1v) is 7.73. The maximum Gasteiger partial charge on any atom is 0.320 e. The molecular weight excluding hydrogens is 338 g/mol. The van der Waals surface area contributed by atoms with Crippen LogP contribution < -0.4 is 24.3 Å². The Morgan fingerprint density at radius 2 is 1.50 bits per heavy atom.